The Labute approximate surface area is 192 Å². The summed E-state index contributed by atoms with van der Waals surface area (Å²) in [5, 5.41) is 0. The second kappa shape index (κ2) is 8.35. The lowest BCUT2D eigenvalue weighted by molar-refractivity contribution is -0.696. The van der Waals surface area contributed by atoms with Crippen LogP contribution in [-0.4, -0.2) is 0 Å². The number of aromatic nitrogens is 2. The van der Waals surface area contributed by atoms with E-state index in [0.29, 0.717) is 0 Å². The zero-order valence-corrected chi connectivity index (χ0v) is 20.4. The first-order valence-corrected chi connectivity index (χ1v) is 11.3. The number of hydrogen-bond donors (Lipinski definition) is 0. The number of aryl methyl sites for hydroxylation is 5. The molecule has 0 radical (unpaired) electrons. The summed E-state index contributed by atoms with van der Waals surface area (Å²) in [7, 11) is 4.31. The molecule has 0 N–H and O–H groups in total. The number of nitrogens with zero attached hydrogens (tertiary/aromatic N) is 2. The molecule has 0 atom stereocenters. The number of benzene rings is 2. The van der Waals surface area contributed by atoms with Gasteiger partial charge in [-0.15, -0.1) is 0 Å². The van der Waals surface area contributed by atoms with Crippen LogP contribution in [0.5, 0.6) is 0 Å². The predicted octanol–water partition coefficient (Wildman–Crippen LogP) is 5.59. The van der Waals surface area contributed by atoms with E-state index in [9.17, 15) is 0 Å². The van der Waals surface area contributed by atoms with Crippen LogP contribution >= 0.6 is 0 Å². The number of hydrogen-bond acceptors (Lipinski definition) is 0. The minimum absolute atomic E-state index is 0.329. The quantitative estimate of drug-likeness (QED) is 0.379. The lowest BCUT2D eigenvalue weighted by Crippen LogP contribution is -2.49. The van der Waals surface area contributed by atoms with Crippen molar-refractivity contribution in [3.05, 3.63) is 118 Å². The highest BCUT2D eigenvalue weighted by atomic mass is 15.0. The van der Waals surface area contributed by atoms with Gasteiger partial charge in [0.15, 0.2) is 17.8 Å². The molecule has 0 aliphatic carbocycles. The standard InChI is InChI=1S/C30H34N2/c1-21-15-17-31(6)28(19-21)30(5,29-20-22(2)16-18-32(29)7)27-14-10-13-26(24(27)4)25-12-9-8-11-23(25)3/h8-20H,1-7H3/q+2. The maximum atomic E-state index is 2.38. The monoisotopic (exact) mass is 422 g/mol. The van der Waals surface area contributed by atoms with Crippen LogP contribution < -0.4 is 9.13 Å². The molecule has 0 saturated carbocycles. The van der Waals surface area contributed by atoms with Crippen LogP contribution in [0.4, 0.5) is 0 Å². The molecule has 2 aromatic carbocycles. The second-order valence-electron chi connectivity index (χ2n) is 9.32. The first-order valence-electron chi connectivity index (χ1n) is 11.3. The van der Waals surface area contributed by atoms with Crippen molar-refractivity contribution >= 4 is 0 Å². The highest BCUT2D eigenvalue weighted by Gasteiger charge is 2.45. The van der Waals surface area contributed by atoms with Crippen LogP contribution in [0.3, 0.4) is 0 Å². The van der Waals surface area contributed by atoms with Crippen molar-refractivity contribution in [1.29, 1.82) is 0 Å². The van der Waals surface area contributed by atoms with Gasteiger partial charge in [-0.3, -0.25) is 0 Å². The molecule has 2 heteroatoms. The van der Waals surface area contributed by atoms with E-state index in [1.807, 2.05) is 0 Å². The predicted molar refractivity (Wildman–Crippen MR) is 132 cm³/mol. The Morgan fingerprint density at radius 1 is 0.625 bits per heavy atom. The minimum atomic E-state index is -0.329. The van der Waals surface area contributed by atoms with Gasteiger partial charge < -0.3 is 0 Å². The molecule has 0 fully saturated rings. The average Bonchev–Trinajstić information content (AvgIpc) is 2.77. The first-order chi connectivity index (χ1) is 15.2. The largest absolute Gasteiger partial charge is 0.204 e. The molecule has 0 unspecified atom stereocenters. The van der Waals surface area contributed by atoms with E-state index in [-0.39, 0.29) is 5.41 Å². The molecule has 0 bridgehead atoms. The molecular weight excluding hydrogens is 388 g/mol. The Morgan fingerprint density at radius 3 is 1.72 bits per heavy atom. The molecule has 0 spiro atoms. The molecule has 0 saturated heterocycles. The summed E-state index contributed by atoms with van der Waals surface area (Å²) >= 11 is 0. The summed E-state index contributed by atoms with van der Waals surface area (Å²) in [6.07, 6.45) is 4.36. The Kier molecular flexibility index (Phi) is 5.73. The second-order valence-corrected chi connectivity index (χ2v) is 9.32. The third-order valence-electron chi connectivity index (χ3n) is 6.94. The summed E-state index contributed by atoms with van der Waals surface area (Å²) in [5.74, 6) is 0. The van der Waals surface area contributed by atoms with E-state index in [1.54, 1.807) is 0 Å². The highest BCUT2D eigenvalue weighted by Crippen LogP contribution is 2.41. The minimum Gasteiger partial charge on any atom is -0.204 e. The van der Waals surface area contributed by atoms with Crippen LogP contribution in [0.2, 0.25) is 0 Å². The smallest absolute Gasteiger partial charge is 0.202 e. The summed E-state index contributed by atoms with van der Waals surface area (Å²) in [5.41, 5.74) is 11.3. The van der Waals surface area contributed by atoms with Crippen molar-refractivity contribution < 1.29 is 9.13 Å². The lowest BCUT2D eigenvalue weighted by atomic mass is 9.72. The number of pyridine rings is 2. The molecule has 0 aliphatic heterocycles. The lowest BCUT2D eigenvalue weighted by Gasteiger charge is -2.28. The fourth-order valence-corrected chi connectivity index (χ4v) is 5.10. The molecule has 4 aromatic rings. The summed E-state index contributed by atoms with van der Waals surface area (Å²) < 4.78 is 4.55. The maximum absolute atomic E-state index is 2.38. The summed E-state index contributed by atoms with van der Waals surface area (Å²) in [6.45, 7) is 11.2. The van der Waals surface area contributed by atoms with Gasteiger partial charge in [-0.1, -0.05) is 42.5 Å². The van der Waals surface area contributed by atoms with Gasteiger partial charge in [0.2, 0.25) is 11.4 Å². The van der Waals surface area contributed by atoms with Gasteiger partial charge in [0, 0.05) is 24.3 Å². The van der Waals surface area contributed by atoms with Crippen molar-refractivity contribution in [1.82, 2.24) is 0 Å². The first kappa shape index (κ1) is 22.0. The van der Waals surface area contributed by atoms with Crippen LogP contribution in [0.15, 0.2) is 79.1 Å². The van der Waals surface area contributed by atoms with Gasteiger partial charge in [0.05, 0.1) is 0 Å². The van der Waals surface area contributed by atoms with E-state index in [2.05, 4.69) is 137 Å². The molecule has 4 rings (SSSR count). The molecule has 0 amide bonds. The van der Waals surface area contributed by atoms with Crippen molar-refractivity contribution in [2.75, 3.05) is 0 Å². The number of rotatable bonds is 4. The van der Waals surface area contributed by atoms with Crippen molar-refractivity contribution in [2.24, 2.45) is 14.1 Å². The fourth-order valence-electron chi connectivity index (χ4n) is 5.10. The molecule has 2 nitrogen and oxygen atoms in total. The maximum Gasteiger partial charge on any atom is 0.202 e. The van der Waals surface area contributed by atoms with Crippen LogP contribution in [-0.2, 0) is 19.5 Å². The molecule has 2 heterocycles. The zero-order valence-electron chi connectivity index (χ0n) is 20.4. The van der Waals surface area contributed by atoms with Crippen molar-refractivity contribution in [2.45, 2.75) is 40.0 Å². The van der Waals surface area contributed by atoms with Crippen LogP contribution in [0.1, 0.15) is 46.1 Å². The third kappa shape index (κ3) is 3.64. The van der Waals surface area contributed by atoms with Gasteiger partial charge in [-0.25, -0.2) is 9.13 Å². The zero-order chi connectivity index (χ0) is 23.0. The van der Waals surface area contributed by atoms with Gasteiger partial charge in [-0.05, 0) is 73.6 Å². The highest BCUT2D eigenvalue weighted by molar-refractivity contribution is 5.72. The van der Waals surface area contributed by atoms with E-state index >= 15 is 0 Å². The molecule has 162 valence electrons. The van der Waals surface area contributed by atoms with Crippen molar-refractivity contribution in [3.63, 3.8) is 0 Å². The van der Waals surface area contributed by atoms with Gasteiger partial charge in [-0.2, -0.15) is 0 Å². The average molecular weight is 423 g/mol. The summed E-state index contributed by atoms with van der Waals surface area (Å²) in [6, 6.07) is 24.5. The van der Waals surface area contributed by atoms with Gasteiger partial charge in [0.25, 0.3) is 0 Å². The molecular formula is C30H34N2+2. The SMILES string of the molecule is Cc1cc[n+](C)c(C(C)(c2cccc(-c3ccccc3C)c2C)c2cc(C)cc[n+]2C)c1. The van der Waals surface area contributed by atoms with E-state index in [0.717, 1.165) is 0 Å². The topological polar surface area (TPSA) is 7.76 Å². The van der Waals surface area contributed by atoms with Crippen LogP contribution in [0, 0.1) is 27.7 Å². The Morgan fingerprint density at radius 2 is 1.16 bits per heavy atom. The van der Waals surface area contributed by atoms with Crippen LogP contribution in [0.25, 0.3) is 11.1 Å². The molecule has 32 heavy (non-hydrogen) atoms. The van der Waals surface area contributed by atoms with Crippen molar-refractivity contribution in [3.8, 4) is 11.1 Å². The Balaban J connectivity index is 2.09. The van der Waals surface area contributed by atoms with Gasteiger partial charge >= 0.3 is 0 Å². The third-order valence-corrected chi connectivity index (χ3v) is 6.94. The molecule has 0 aliphatic rings. The normalized spacial score (nSPS) is 11.6. The summed E-state index contributed by atoms with van der Waals surface area (Å²) in [4.78, 5) is 0. The van der Waals surface area contributed by atoms with Gasteiger partial charge in [0.1, 0.15) is 14.1 Å². The van der Waals surface area contributed by atoms with E-state index in [1.165, 1.54) is 50.3 Å². The van der Waals surface area contributed by atoms with E-state index in [4.69, 9.17) is 0 Å². The van der Waals surface area contributed by atoms with E-state index < -0.39 is 0 Å². The fraction of sp³-hybridized carbons (Fsp3) is 0.267. The molecule has 2 aromatic heterocycles. The Bertz CT molecular complexity index is 1250. The Hall–Kier alpha value is -3.26.